The van der Waals surface area contributed by atoms with Gasteiger partial charge in [0.1, 0.15) is 5.75 Å². The molecule has 1 atom stereocenters. The zero-order chi connectivity index (χ0) is 21.7. The van der Waals surface area contributed by atoms with Crippen LogP contribution in [0.2, 0.25) is 5.02 Å². The lowest BCUT2D eigenvalue weighted by atomic mass is 9.81. The summed E-state index contributed by atoms with van der Waals surface area (Å²) in [6.07, 6.45) is 1.92. The normalized spacial score (nSPS) is 15.1. The molecule has 0 aliphatic carbocycles. The molecule has 0 saturated carbocycles. The predicted molar refractivity (Wildman–Crippen MR) is 127 cm³/mol. The molecule has 0 unspecified atom stereocenters. The van der Waals surface area contributed by atoms with Crippen molar-refractivity contribution in [3.05, 3.63) is 56.2 Å². The molecule has 0 amide bonds. The second kappa shape index (κ2) is 7.84. The van der Waals surface area contributed by atoms with E-state index < -0.39 is 5.97 Å². The van der Waals surface area contributed by atoms with Crippen molar-refractivity contribution in [2.75, 3.05) is 10.6 Å². The van der Waals surface area contributed by atoms with Gasteiger partial charge in [0.25, 0.3) is 0 Å². The number of rotatable bonds is 4. The number of benzene rings is 2. The number of hydrogen-bond donors (Lipinski definition) is 2. The number of carbonyl (C=O) groups is 1. The zero-order valence-electron chi connectivity index (χ0n) is 17.1. The maximum atomic E-state index is 11.8. The van der Waals surface area contributed by atoms with Gasteiger partial charge < -0.3 is 14.5 Å². The van der Waals surface area contributed by atoms with E-state index in [2.05, 4.69) is 22.7 Å². The molecule has 0 radical (unpaired) electrons. The van der Waals surface area contributed by atoms with E-state index >= 15 is 0 Å². The first-order chi connectivity index (χ1) is 14.3. The number of nitrogens with zero attached hydrogens (tertiary/aromatic N) is 1. The monoisotopic (exact) mass is 459 g/mol. The second-order valence-electron chi connectivity index (χ2n) is 7.44. The van der Waals surface area contributed by atoms with Crippen LogP contribution in [0.15, 0.2) is 29.6 Å². The Labute approximate surface area is 189 Å². The molecular formula is C23H22ClNO3S2. The number of aliphatic carboxylic acids is 1. The summed E-state index contributed by atoms with van der Waals surface area (Å²) < 4.78 is 2.27. The van der Waals surface area contributed by atoms with Gasteiger partial charge >= 0.3 is 5.97 Å². The van der Waals surface area contributed by atoms with Gasteiger partial charge in [-0.2, -0.15) is 0 Å². The van der Waals surface area contributed by atoms with E-state index in [9.17, 15) is 15.0 Å². The molecule has 0 saturated heterocycles. The van der Waals surface area contributed by atoms with Crippen LogP contribution >= 0.6 is 34.9 Å². The van der Waals surface area contributed by atoms with E-state index in [1.54, 1.807) is 35.4 Å². The highest BCUT2D eigenvalue weighted by atomic mass is 35.5. The molecule has 7 heteroatoms. The molecule has 2 aromatic carbocycles. The SMILES string of the molecule is CSN1c2c(C)c(CC(=O)O)c(-c3ccc(Cl)cc3O)c(C)c2-c2ccsc2[C@H]1C. The fourth-order valence-electron chi connectivity index (χ4n) is 4.51. The highest BCUT2D eigenvalue weighted by Crippen LogP contribution is 2.55. The van der Waals surface area contributed by atoms with Crippen LogP contribution in [0, 0.1) is 13.8 Å². The number of carboxylic acids is 1. The Morgan fingerprint density at radius 1 is 1.20 bits per heavy atom. The van der Waals surface area contributed by atoms with E-state index in [1.165, 1.54) is 16.5 Å². The summed E-state index contributed by atoms with van der Waals surface area (Å²) in [4.78, 5) is 13.1. The number of fused-ring (bicyclic) bond motifs is 3. The van der Waals surface area contributed by atoms with Crippen molar-refractivity contribution >= 4 is 46.5 Å². The predicted octanol–water partition coefficient (Wildman–Crippen LogP) is 6.84. The van der Waals surface area contributed by atoms with Crippen LogP contribution in [0.1, 0.15) is 34.5 Å². The molecule has 2 N–H and O–H groups in total. The number of thiophene rings is 1. The van der Waals surface area contributed by atoms with Crippen molar-refractivity contribution < 1.29 is 15.0 Å². The smallest absolute Gasteiger partial charge is 0.307 e. The average Bonchev–Trinajstić information content (AvgIpc) is 3.17. The van der Waals surface area contributed by atoms with Crippen LogP contribution in [0.25, 0.3) is 22.3 Å². The fraction of sp³-hybridized carbons (Fsp3) is 0.261. The van der Waals surface area contributed by atoms with Crippen molar-refractivity contribution in [1.82, 2.24) is 0 Å². The lowest BCUT2D eigenvalue weighted by molar-refractivity contribution is -0.136. The standard InChI is InChI=1S/C23H22ClNO3S2/c1-11-17(10-19(27)28)20(15-6-5-14(24)9-18(15)26)12(2)21-16-7-8-30-23(16)13(3)25(29-4)22(11)21/h5-9,13,26H,10H2,1-4H3,(H,27,28)/t13-/m1/s1. The van der Waals surface area contributed by atoms with Crippen LogP contribution in [0.4, 0.5) is 5.69 Å². The summed E-state index contributed by atoms with van der Waals surface area (Å²) >= 11 is 9.44. The third-order valence-corrected chi connectivity index (χ3v) is 7.98. The summed E-state index contributed by atoms with van der Waals surface area (Å²) in [7, 11) is 0. The first-order valence-corrected chi connectivity index (χ1v) is 12.0. The minimum atomic E-state index is -0.900. The Morgan fingerprint density at radius 3 is 2.57 bits per heavy atom. The van der Waals surface area contributed by atoms with Gasteiger partial charge in [0.15, 0.2) is 0 Å². The van der Waals surface area contributed by atoms with E-state index in [4.69, 9.17) is 11.6 Å². The summed E-state index contributed by atoms with van der Waals surface area (Å²) in [5.74, 6) is -0.851. The minimum absolute atomic E-state index is 0.0491. The maximum Gasteiger partial charge on any atom is 0.307 e. The molecular weight excluding hydrogens is 438 g/mol. The van der Waals surface area contributed by atoms with Gasteiger partial charge in [0, 0.05) is 32.8 Å². The van der Waals surface area contributed by atoms with Crippen LogP contribution in [-0.2, 0) is 11.2 Å². The summed E-state index contributed by atoms with van der Waals surface area (Å²) in [5, 5.41) is 22.9. The van der Waals surface area contributed by atoms with E-state index in [-0.39, 0.29) is 18.2 Å². The van der Waals surface area contributed by atoms with Crippen LogP contribution in [-0.4, -0.2) is 22.4 Å². The Balaban J connectivity index is 2.14. The minimum Gasteiger partial charge on any atom is -0.507 e. The molecule has 4 nitrogen and oxygen atoms in total. The van der Waals surface area contributed by atoms with Crippen molar-refractivity contribution in [2.45, 2.75) is 33.2 Å². The van der Waals surface area contributed by atoms with Gasteiger partial charge in [0.2, 0.25) is 0 Å². The van der Waals surface area contributed by atoms with Crippen LogP contribution < -0.4 is 4.31 Å². The molecule has 1 aromatic heterocycles. The van der Waals surface area contributed by atoms with Gasteiger partial charge in [-0.25, -0.2) is 0 Å². The summed E-state index contributed by atoms with van der Waals surface area (Å²) in [6, 6.07) is 7.32. The number of hydrogen-bond acceptors (Lipinski definition) is 5. The number of halogens is 1. The largest absolute Gasteiger partial charge is 0.507 e. The quantitative estimate of drug-likeness (QED) is 0.418. The van der Waals surface area contributed by atoms with Gasteiger partial charge in [-0.3, -0.25) is 4.79 Å². The number of phenols is 1. The molecule has 4 rings (SSSR count). The maximum absolute atomic E-state index is 11.8. The van der Waals surface area contributed by atoms with Gasteiger partial charge in [-0.15, -0.1) is 11.3 Å². The van der Waals surface area contributed by atoms with Crippen molar-refractivity contribution in [3.8, 4) is 28.0 Å². The number of phenolic OH excluding ortho intramolecular Hbond substituents is 1. The van der Waals surface area contributed by atoms with Crippen molar-refractivity contribution in [2.24, 2.45) is 0 Å². The lowest BCUT2D eigenvalue weighted by Crippen LogP contribution is -2.25. The lowest BCUT2D eigenvalue weighted by Gasteiger charge is -2.38. The molecule has 2 heterocycles. The molecule has 0 fully saturated rings. The van der Waals surface area contributed by atoms with Gasteiger partial charge in [-0.1, -0.05) is 23.5 Å². The second-order valence-corrected chi connectivity index (χ2v) is 9.58. The van der Waals surface area contributed by atoms with Crippen LogP contribution in [0.3, 0.4) is 0 Å². The summed E-state index contributed by atoms with van der Waals surface area (Å²) in [6.45, 7) is 6.18. The first kappa shape index (κ1) is 21.1. The molecule has 3 aromatic rings. The Kier molecular flexibility index (Phi) is 5.51. The molecule has 1 aliphatic rings. The molecule has 156 valence electrons. The Morgan fingerprint density at radius 2 is 1.93 bits per heavy atom. The highest BCUT2D eigenvalue weighted by molar-refractivity contribution is 8.00. The van der Waals surface area contributed by atoms with Crippen molar-refractivity contribution in [3.63, 3.8) is 0 Å². The fourth-order valence-corrected chi connectivity index (χ4v) is 6.52. The van der Waals surface area contributed by atoms with Gasteiger partial charge in [0.05, 0.1) is 18.2 Å². The topological polar surface area (TPSA) is 60.8 Å². The molecule has 0 bridgehead atoms. The molecule has 1 aliphatic heterocycles. The third kappa shape index (κ3) is 3.18. The highest BCUT2D eigenvalue weighted by Gasteiger charge is 2.35. The van der Waals surface area contributed by atoms with E-state index in [0.29, 0.717) is 10.6 Å². The first-order valence-electron chi connectivity index (χ1n) is 9.54. The number of anilines is 1. The van der Waals surface area contributed by atoms with E-state index in [1.807, 2.05) is 20.1 Å². The Hall–Kier alpha value is -2.15. The van der Waals surface area contributed by atoms with Gasteiger partial charge in [-0.05, 0) is 72.7 Å². The third-order valence-electron chi connectivity index (χ3n) is 5.77. The number of carboxylic acid groups (broad SMARTS) is 1. The number of aromatic hydroxyl groups is 1. The van der Waals surface area contributed by atoms with Crippen LogP contribution in [0.5, 0.6) is 5.75 Å². The summed E-state index contributed by atoms with van der Waals surface area (Å²) in [5.41, 5.74) is 7.35. The average molecular weight is 460 g/mol. The van der Waals surface area contributed by atoms with Crippen molar-refractivity contribution in [1.29, 1.82) is 0 Å². The van der Waals surface area contributed by atoms with E-state index in [0.717, 1.165) is 33.5 Å². The molecule has 30 heavy (non-hydrogen) atoms. The molecule has 0 spiro atoms. The Bertz CT molecular complexity index is 1170. The zero-order valence-corrected chi connectivity index (χ0v) is 19.5.